The predicted octanol–water partition coefficient (Wildman–Crippen LogP) is 1.05. The fourth-order valence-electron chi connectivity index (χ4n) is 2.33. The normalized spacial score (nSPS) is 15.8. The molecule has 0 saturated heterocycles. The van der Waals surface area contributed by atoms with Crippen molar-refractivity contribution < 1.29 is 18.0 Å². The number of fused-ring (bicyclic) bond motifs is 1. The van der Waals surface area contributed by atoms with Crippen molar-refractivity contribution in [3.63, 3.8) is 0 Å². The molecule has 0 radical (unpaired) electrons. The second kappa shape index (κ2) is 7.78. The van der Waals surface area contributed by atoms with Gasteiger partial charge in [-0.2, -0.15) is 0 Å². The summed E-state index contributed by atoms with van der Waals surface area (Å²) in [5.74, 6) is -0.580. The molecule has 0 atom stereocenters. The zero-order valence-corrected chi connectivity index (χ0v) is 15.0. The molecular weight excluding hydrogens is 330 g/mol. The summed E-state index contributed by atoms with van der Waals surface area (Å²) in [6.45, 7) is 1.32. The van der Waals surface area contributed by atoms with Crippen molar-refractivity contribution in [3.05, 3.63) is 35.5 Å². The quantitative estimate of drug-likeness (QED) is 0.586. The Hall–Kier alpha value is -1.90. The first-order valence-electron chi connectivity index (χ1n) is 7.70. The van der Waals surface area contributed by atoms with Crippen molar-refractivity contribution in [2.75, 3.05) is 34.3 Å². The molecule has 0 saturated carbocycles. The zero-order valence-electron chi connectivity index (χ0n) is 14.2. The van der Waals surface area contributed by atoms with Gasteiger partial charge in [0.05, 0.1) is 11.5 Å². The minimum atomic E-state index is -3.72. The Morgan fingerprint density at radius 1 is 1.25 bits per heavy atom. The van der Waals surface area contributed by atoms with Crippen LogP contribution in [0.4, 0.5) is 0 Å². The van der Waals surface area contributed by atoms with E-state index in [1.807, 2.05) is 14.1 Å². The van der Waals surface area contributed by atoms with Crippen LogP contribution >= 0.6 is 0 Å². The van der Waals surface area contributed by atoms with Gasteiger partial charge in [0.15, 0.2) is 0 Å². The standard InChI is InChI=1S/C16H23N3O4S/c1-18(2)10-6-7-11-23-17-16(20)14-12-13-8-4-5-9-15(13)24(21,22)19(14)3/h4-5,8-9,12H,6-7,10-11H2,1-3H3,(H,17,20). The van der Waals surface area contributed by atoms with E-state index in [2.05, 4.69) is 10.4 Å². The number of carbonyl (C=O) groups is 1. The van der Waals surface area contributed by atoms with Gasteiger partial charge in [-0.15, -0.1) is 0 Å². The molecule has 24 heavy (non-hydrogen) atoms. The molecule has 1 amide bonds. The van der Waals surface area contributed by atoms with Gasteiger partial charge >= 0.3 is 0 Å². The molecule has 2 rings (SSSR count). The van der Waals surface area contributed by atoms with Gasteiger partial charge < -0.3 is 4.90 Å². The molecule has 0 aliphatic carbocycles. The molecule has 0 unspecified atom stereocenters. The van der Waals surface area contributed by atoms with Crippen LogP contribution in [0, 0.1) is 0 Å². The number of hydrogen-bond donors (Lipinski definition) is 1. The van der Waals surface area contributed by atoms with Gasteiger partial charge in [-0.05, 0) is 51.2 Å². The average molecular weight is 353 g/mol. The molecule has 1 N–H and O–H groups in total. The second-order valence-electron chi connectivity index (χ2n) is 5.83. The van der Waals surface area contributed by atoms with Crippen LogP contribution in [0.5, 0.6) is 0 Å². The number of likely N-dealkylation sites (N-methyl/N-ethyl adjacent to an activating group) is 1. The molecule has 7 nitrogen and oxygen atoms in total. The topological polar surface area (TPSA) is 79.0 Å². The number of unbranched alkanes of at least 4 members (excludes halogenated alkanes) is 1. The van der Waals surface area contributed by atoms with Crippen LogP contribution < -0.4 is 5.48 Å². The summed E-state index contributed by atoms with van der Waals surface area (Å²) in [6.07, 6.45) is 3.29. The number of hydroxylamine groups is 1. The third-order valence-corrected chi connectivity index (χ3v) is 5.53. The summed E-state index contributed by atoms with van der Waals surface area (Å²) in [5.41, 5.74) is 2.83. The number of benzene rings is 1. The molecule has 0 spiro atoms. The van der Waals surface area contributed by atoms with Crippen molar-refractivity contribution in [2.45, 2.75) is 17.7 Å². The lowest BCUT2D eigenvalue weighted by atomic mass is 10.2. The third kappa shape index (κ3) is 4.14. The highest BCUT2D eigenvalue weighted by Gasteiger charge is 2.32. The van der Waals surface area contributed by atoms with Crippen molar-refractivity contribution >= 4 is 22.0 Å². The monoisotopic (exact) mass is 353 g/mol. The van der Waals surface area contributed by atoms with Gasteiger partial charge in [0.1, 0.15) is 5.70 Å². The summed E-state index contributed by atoms with van der Waals surface area (Å²) in [6, 6.07) is 6.57. The van der Waals surface area contributed by atoms with Crippen LogP contribution in [0.2, 0.25) is 0 Å². The Morgan fingerprint density at radius 2 is 1.96 bits per heavy atom. The van der Waals surface area contributed by atoms with Crippen molar-refractivity contribution in [1.82, 2.24) is 14.7 Å². The highest BCUT2D eigenvalue weighted by Crippen LogP contribution is 2.29. The van der Waals surface area contributed by atoms with E-state index >= 15 is 0 Å². The van der Waals surface area contributed by atoms with E-state index in [-0.39, 0.29) is 10.6 Å². The Morgan fingerprint density at radius 3 is 2.67 bits per heavy atom. The first-order valence-corrected chi connectivity index (χ1v) is 9.14. The molecule has 1 aliphatic rings. The molecule has 0 bridgehead atoms. The molecule has 0 aromatic heterocycles. The zero-order chi connectivity index (χ0) is 17.7. The van der Waals surface area contributed by atoms with E-state index in [4.69, 9.17) is 4.84 Å². The number of amides is 1. The van der Waals surface area contributed by atoms with Gasteiger partial charge in [0, 0.05) is 7.05 Å². The van der Waals surface area contributed by atoms with E-state index < -0.39 is 15.9 Å². The van der Waals surface area contributed by atoms with Crippen molar-refractivity contribution in [2.24, 2.45) is 0 Å². The van der Waals surface area contributed by atoms with Crippen molar-refractivity contribution in [3.8, 4) is 0 Å². The van der Waals surface area contributed by atoms with Gasteiger partial charge in [-0.1, -0.05) is 18.2 Å². The lowest BCUT2D eigenvalue weighted by Crippen LogP contribution is -2.38. The van der Waals surface area contributed by atoms with E-state index in [1.165, 1.54) is 13.1 Å². The number of nitrogens with one attached hydrogen (secondary N) is 1. The molecule has 1 heterocycles. The number of sulfonamides is 1. The Bertz CT molecular complexity index is 729. The molecule has 1 aromatic carbocycles. The number of hydrogen-bond acceptors (Lipinski definition) is 5. The van der Waals surface area contributed by atoms with Crippen LogP contribution in [-0.2, 0) is 19.7 Å². The van der Waals surface area contributed by atoms with Crippen LogP contribution in [0.25, 0.3) is 6.08 Å². The maximum absolute atomic E-state index is 12.5. The fourth-order valence-corrected chi connectivity index (χ4v) is 3.69. The maximum Gasteiger partial charge on any atom is 0.292 e. The van der Waals surface area contributed by atoms with Gasteiger partial charge in [0.2, 0.25) is 0 Å². The molecule has 1 aromatic rings. The minimum absolute atomic E-state index is 0.0296. The lowest BCUT2D eigenvalue weighted by molar-refractivity contribution is -0.130. The van der Waals surface area contributed by atoms with E-state index in [9.17, 15) is 13.2 Å². The van der Waals surface area contributed by atoms with Gasteiger partial charge in [-0.3, -0.25) is 13.9 Å². The molecule has 0 fully saturated rings. The van der Waals surface area contributed by atoms with Crippen LogP contribution in [0.1, 0.15) is 18.4 Å². The molecular formula is C16H23N3O4S. The number of nitrogens with zero attached hydrogens (tertiary/aromatic N) is 2. The molecule has 1 aliphatic heterocycles. The van der Waals surface area contributed by atoms with Gasteiger partial charge in [0.25, 0.3) is 15.9 Å². The maximum atomic E-state index is 12.5. The summed E-state index contributed by atoms with van der Waals surface area (Å²) in [4.78, 5) is 19.6. The smallest absolute Gasteiger partial charge is 0.292 e. The molecule has 8 heteroatoms. The largest absolute Gasteiger partial charge is 0.309 e. The summed E-state index contributed by atoms with van der Waals surface area (Å²) in [7, 11) is 1.62. The van der Waals surface area contributed by atoms with Crippen LogP contribution in [-0.4, -0.2) is 57.8 Å². The third-order valence-electron chi connectivity index (χ3n) is 3.69. The fraction of sp³-hybridized carbons (Fsp3) is 0.438. The Labute approximate surface area is 142 Å². The SMILES string of the molecule is CN(C)CCCCONC(=O)C1=Cc2ccccc2S(=O)(=O)N1C. The van der Waals surface area contributed by atoms with E-state index in [0.717, 1.165) is 23.7 Å². The first kappa shape index (κ1) is 18.4. The van der Waals surface area contributed by atoms with Crippen molar-refractivity contribution in [1.29, 1.82) is 0 Å². The Balaban J connectivity index is 1.99. The van der Waals surface area contributed by atoms with Gasteiger partial charge in [-0.25, -0.2) is 13.9 Å². The van der Waals surface area contributed by atoms with Crippen LogP contribution in [0.15, 0.2) is 34.9 Å². The summed E-state index contributed by atoms with van der Waals surface area (Å²) >= 11 is 0. The highest BCUT2D eigenvalue weighted by atomic mass is 32.2. The minimum Gasteiger partial charge on any atom is -0.309 e. The average Bonchev–Trinajstić information content (AvgIpc) is 2.54. The highest BCUT2D eigenvalue weighted by molar-refractivity contribution is 7.89. The van der Waals surface area contributed by atoms with E-state index in [1.54, 1.807) is 24.3 Å². The lowest BCUT2D eigenvalue weighted by Gasteiger charge is -2.26. The Kier molecular flexibility index (Phi) is 5.98. The summed E-state index contributed by atoms with van der Waals surface area (Å²) in [5, 5.41) is 0. The number of rotatable bonds is 7. The summed E-state index contributed by atoms with van der Waals surface area (Å²) < 4.78 is 25.9. The number of carbonyl (C=O) groups excluding carboxylic acids is 1. The second-order valence-corrected chi connectivity index (χ2v) is 7.77. The predicted molar refractivity (Wildman–Crippen MR) is 91.3 cm³/mol. The van der Waals surface area contributed by atoms with E-state index in [0.29, 0.717) is 12.2 Å². The first-order chi connectivity index (χ1) is 11.3. The molecule has 132 valence electrons. The van der Waals surface area contributed by atoms with Crippen LogP contribution in [0.3, 0.4) is 0 Å².